The molecule has 2 aliphatic rings. The van der Waals surface area contributed by atoms with E-state index in [0.29, 0.717) is 18.4 Å². The summed E-state index contributed by atoms with van der Waals surface area (Å²) in [5.41, 5.74) is 0.106. The van der Waals surface area contributed by atoms with E-state index < -0.39 is 8.32 Å². The van der Waals surface area contributed by atoms with Crippen LogP contribution in [0.2, 0.25) is 18.1 Å². The van der Waals surface area contributed by atoms with Crippen LogP contribution < -0.4 is 0 Å². The van der Waals surface area contributed by atoms with E-state index in [2.05, 4.69) is 33.9 Å². The first kappa shape index (κ1) is 15.5. The maximum atomic E-state index is 9.67. The molecular formula is C16H32O2Si. The van der Waals surface area contributed by atoms with Crippen LogP contribution in [-0.2, 0) is 4.43 Å². The van der Waals surface area contributed by atoms with Gasteiger partial charge in [0.2, 0.25) is 0 Å². The highest BCUT2D eigenvalue weighted by Gasteiger charge is 2.53. The summed E-state index contributed by atoms with van der Waals surface area (Å²) in [6, 6.07) is 0. The molecule has 0 amide bonds. The van der Waals surface area contributed by atoms with E-state index in [9.17, 15) is 5.11 Å². The topological polar surface area (TPSA) is 29.5 Å². The molecule has 0 saturated heterocycles. The molecule has 112 valence electrons. The Morgan fingerprint density at radius 1 is 1.16 bits per heavy atom. The van der Waals surface area contributed by atoms with Crippen LogP contribution in [0.3, 0.4) is 0 Å². The van der Waals surface area contributed by atoms with Crippen molar-refractivity contribution < 1.29 is 9.53 Å². The minimum absolute atomic E-state index is 0.106. The van der Waals surface area contributed by atoms with Gasteiger partial charge >= 0.3 is 0 Å². The Hall–Kier alpha value is 0.137. The van der Waals surface area contributed by atoms with Crippen LogP contribution >= 0.6 is 0 Å². The summed E-state index contributed by atoms with van der Waals surface area (Å²) in [6.45, 7) is 12.1. The summed E-state index contributed by atoms with van der Waals surface area (Å²) in [5, 5.41) is 9.95. The monoisotopic (exact) mass is 284 g/mol. The number of fused-ring (bicyclic) bond motifs is 1. The lowest BCUT2D eigenvalue weighted by molar-refractivity contribution is -0.0526. The molecule has 2 saturated carbocycles. The van der Waals surface area contributed by atoms with Crippen LogP contribution in [0.5, 0.6) is 0 Å². The fraction of sp³-hybridized carbons (Fsp3) is 1.00. The second kappa shape index (κ2) is 5.16. The minimum Gasteiger partial charge on any atom is -0.411 e. The molecule has 3 atom stereocenters. The molecule has 2 fully saturated rings. The minimum atomic E-state index is -1.71. The summed E-state index contributed by atoms with van der Waals surface area (Å²) in [4.78, 5) is 0. The summed E-state index contributed by atoms with van der Waals surface area (Å²) in [6.07, 6.45) is 7.43. The molecule has 19 heavy (non-hydrogen) atoms. The molecule has 0 aliphatic heterocycles. The van der Waals surface area contributed by atoms with Crippen molar-refractivity contribution >= 4 is 8.32 Å². The largest absolute Gasteiger partial charge is 0.411 e. The second-order valence-corrected chi connectivity index (χ2v) is 13.0. The first-order valence-corrected chi connectivity index (χ1v) is 10.9. The van der Waals surface area contributed by atoms with Crippen molar-refractivity contribution in [2.75, 3.05) is 6.61 Å². The Bertz CT molecular complexity index is 321. The van der Waals surface area contributed by atoms with E-state index in [1.165, 1.54) is 38.5 Å². The second-order valence-electron chi connectivity index (χ2n) is 8.26. The normalized spacial score (nSPS) is 36.3. The Morgan fingerprint density at radius 2 is 1.74 bits per heavy atom. The quantitative estimate of drug-likeness (QED) is 0.781. The Balaban J connectivity index is 2.21. The zero-order valence-electron chi connectivity index (χ0n) is 13.5. The lowest BCUT2D eigenvalue weighted by atomic mass is 9.71. The molecule has 2 nitrogen and oxygen atoms in total. The van der Waals surface area contributed by atoms with E-state index in [1.54, 1.807) is 0 Å². The van der Waals surface area contributed by atoms with E-state index in [0.717, 1.165) is 0 Å². The van der Waals surface area contributed by atoms with Gasteiger partial charge in [0.15, 0.2) is 8.32 Å². The Morgan fingerprint density at radius 3 is 2.26 bits per heavy atom. The lowest BCUT2D eigenvalue weighted by Crippen LogP contribution is -2.54. The smallest absolute Gasteiger partial charge is 0.192 e. The average Bonchev–Trinajstić information content (AvgIpc) is 2.69. The standard InChI is InChI=1S/C16H32O2Si/c1-15(2,3)19(4,5)18-16-10-6-8-13(12-17)14(16)9-7-11-16/h13-14,17H,6-12H2,1-5H3/t13?,14-,16+/m1/s1. The number of rotatable bonds is 3. The molecule has 1 unspecified atom stereocenters. The third-order valence-electron chi connectivity index (χ3n) is 6.03. The van der Waals surface area contributed by atoms with Gasteiger partial charge in [0.05, 0.1) is 5.60 Å². The average molecular weight is 285 g/mol. The first-order valence-electron chi connectivity index (χ1n) is 8.03. The third kappa shape index (κ3) is 2.79. The molecule has 0 spiro atoms. The molecule has 0 aromatic carbocycles. The summed E-state index contributed by atoms with van der Waals surface area (Å²) < 4.78 is 6.91. The van der Waals surface area contributed by atoms with Gasteiger partial charge in [0.25, 0.3) is 0 Å². The van der Waals surface area contributed by atoms with Crippen molar-refractivity contribution in [1.29, 1.82) is 0 Å². The van der Waals surface area contributed by atoms with Crippen LogP contribution in [-0.4, -0.2) is 25.6 Å². The predicted octanol–water partition coefficient (Wildman–Crippen LogP) is 4.34. The summed E-state index contributed by atoms with van der Waals surface area (Å²) >= 11 is 0. The van der Waals surface area contributed by atoms with E-state index in [4.69, 9.17) is 4.43 Å². The van der Waals surface area contributed by atoms with Gasteiger partial charge in [-0.2, -0.15) is 0 Å². The number of aliphatic hydroxyl groups excluding tert-OH is 1. The van der Waals surface area contributed by atoms with Crippen molar-refractivity contribution in [3.05, 3.63) is 0 Å². The van der Waals surface area contributed by atoms with Crippen LogP contribution in [0.15, 0.2) is 0 Å². The number of aliphatic hydroxyl groups is 1. The highest BCUT2D eigenvalue weighted by atomic mass is 28.4. The van der Waals surface area contributed by atoms with Crippen molar-refractivity contribution in [1.82, 2.24) is 0 Å². The van der Waals surface area contributed by atoms with Crippen molar-refractivity contribution in [2.45, 2.75) is 83.0 Å². The molecule has 0 radical (unpaired) electrons. The van der Waals surface area contributed by atoms with Gasteiger partial charge in [-0.25, -0.2) is 0 Å². The Kier molecular flexibility index (Phi) is 4.21. The molecule has 0 heterocycles. The Labute approximate surface area is 120 Å². The van der Waals surface area contributed by atoms with E-state index in [1.807, 2.05) is 0 Å². The summed E-state index contributed by atoms with van der Waals surface area (Å²) in [7, 11) is -1.71. The lowest BCUT2D eigenvalue weighted by Gasteiger charge is -2.50. The highest BCUT2D eigenvalue weighted by molar-refractivity contribution is 6.74. The van der Waals surface area contributed by atoms with Gasteiger partial charge in [0.1, 0.15) is 0 Å². The van der Waals surface area contributed by atoms with E-state index >= 15 is 0 Å². The number of hydrogen-bond donors (Lipinski definition) is 1. The molecule has 0 aromatic rings. The first-order chi connectivity index (χ1) is 8.72. The molecule has 0 bridgehead atoms. The molecule has 2 aliphatic carbocycles. The van der Waals surface area contributed by atoms with Gasteiger partial charge < -0.3 is 9.53 Å². The van der Waals surface area contributed by atoms with Crippen LogP contribution in [0.4, 0.5) is 0 Å². The van der Waals surface area contributed by atoms with Gasteiger partial charge in [-0.15, -0.1) is 0 Å². The molecule has 1 N–H and O–H groups in total. The molecular weight excluding hydrogens is 252 g/mol. The number of hydrogen-bond acceptors (Lipinski definition) is 2. The van der Waals surface area contributed by atoms with Crippen LogP contribution in [0, 0.1) is 11.8 Å². The maximum absolute atomic E-state index is 9.67. The van der Waals surface area contributed by atoms with E-state index in [-0.39, 0.29) is 10.6 Å². The maximum Gasteiger partial charge on any atom is 0.192 e. The SMILES string of the molecule is CC(C)(C)[Si](C)(C)O[C@]12CCCC(CO)[C@H]1CCC2. The van der Waals surface area contributed by atoms with Crippen molar-refractivity contribution in [3.63, 3.8) is 0 Å². The zero-order valence-corrected chi connectivity index (χ0v) is 14.5. The van der Waals surface area contributed by atoms with Crippen LogP contribution in [0.1, 0.15) is 59.3 Å². The zero-order chi connectivity index (χ0) is 14.3. The fourth-order valence-electron chi connectivity index (χ4n) is 3.97. The molecule has 3 heteroatoms. The van der Waals surface area contributed by atoms with Crippen molar-refractivity contribution in [3.8, 4) is 0 Å². The van der Waals surface area contributed by atoms with Crippen LogP contribution in [0.25, 0.3) is 0 Å². The van der Waals surface area contributed by atoms with Crippen molar-refractivity contribution in [2.24, 2.45) is 11.8 Å². The van der Waals surface area contributed by atoms with Gasteiger partial charge in [-0.1, -0.05) is 33.6 Å². The summed E-state index contributed by atoms with van der Waals surface area (Å²) in [5.74, 6) is 1.10. The predicted molar refractivity (Wildman–Crippen MR) is 82.8 cm³/mol. The highest BCUT2D eigenvalue weighted by Crippen LogP contribution is 2.53. The molecule has 0 aromatic heterocycles. The van der Waals surface area contributed by atoms with Gasteiger partial charge in [0, 0.05) is 6.61 Å². The van der Waals surface area contributed by atoms with Gasteiger partial charge in [-0.05, 0) is 55.7 Å². The fourth-order valence-corrected chi connectivity index (χ4v) is 5.65. The third-order valence-corrected chi connectivity index (χ3v) is 10.6. The van der Waals surface area contributed by atoms with Gasteiger partial charge in [-0.3, -0.25) is 0 Å². The molecule has 2 rings (SSSR count).